The molecule has 2 heterocycles. The molecule has 0 aliphatic carbocycles. The first kappa shape index (κ1) is 16.6. The molecule has 0 saturated carbocycles. The summed E-state index contributed by atoms with van der Waals surface area (Å²) in [6, 6.07) is 0. The molecule has 0 N–H and O–H groups in total. The van der Waals surface area contributed by atoms with Crippen LogP contribution in [-0.2, 0) is 27.4 Å². The lowest BCUT2D eigenvalue weighted by atomic mass is 10.2. The Morgan fingerprint density at radius 2 is 2.10 bits per heavy atom. The molecule has 0 spiro atoms. The SMILES string of the molecule is CC(C)Cn1cnc(S(=O)(=O)N2CC[S@@](=O)C(C)(C)C2)c1. The number of hydrogen-bond donors (Lipinski definition) is 0. The third-order valence-electron chi connectivity index (χ3n) is 3.49. The summed E-state index contributed by atoms with van der Waals surface area (Å²) in [5.41, 5.74) is 0. The van der Waals surface area contributed by atoms with Gasteiger partial charge in [-0.15, -0.1) is 0 Å². The Labute approximate surface area is 129 Å². The van der Waals surface area contributed by atoms with Gasteiger partial charge in [0.2, 0.25) is 0 Å². The highest BCUT2D eigenvalue weighted by atomic mass is 32.2. The van der Waals surface area contributed by atoms with E-state index in [1.807, 2.05) is 13.8 Å². The smallest absolute Gasteiger partial charge is 0.262 e. The van der Waals surface area contributed by atoms with Crippen LogP contribution < -0.4 is 0 Å². The molecule has 1 atom stereocenters. The molecule has 0 aromatic carbocycles. The van der Waals surface area contributed by atoms with E-state index in [4.69, 9.17) is 0 Å². The van der Waals surface area contributed by atoms with Crippen LogP contribution in [-0.4, -0.2) is 50.1 Å². The topological polar surface area (TPSA) is 72.3 Å². The van der Waals surface area contributed by atoms with Crippen molar-refractivity contribution < 1.29 is 12.6 Å². The van der Waals surface area contributed by atoms with Crippen molar-refractivity contribution in [2.45, 2.75) is 44.0 Å². The lowest BCUT2D eigenvalue weighted by Gasteiger charge is -2.35. The third kappa shape index (κ3) is 3.54. The van der Waals surface area contributed by atoms with Crippen molar-refractivity contribution in [1.29, 1.82) is 0 Å². The summed E-state index contributed by atoms with van der Waals surface area (Å²) in [4.78, 5) is 4.04. The fraction of sp³-hybridized carbons (Fsp3) is 0.769. The molecule has 120 valence electrons. The van der Waals surface area contributed by atoms with E-state index in [0.717, 1.165) is 6.54 Å². The molecular weight excluding hydrogens is 310 g/mol. The van der Waals surface area contributed by atoms with E-state index in [1.54, 1.807) is 17.1 Å². The van der Waals surface area contributed by atoms with Crippen LogP contribution in [0.1, 0.15) is 27.7 Å². The Hall–Kier alpha value is -0.730. The number of hydrogen-bond acceptors (Lipinski definition) is 4. The minimum absolute atomic E-state index is 0.0756. The Morgan fingerprint density at radius 3 is 2.67 bits per heavy atom. The number of aromatic nitrogens is 2. The van der Waals surface area contributed by atoms with Gasteiger partial charge < -0.3 is 4.57 Å². The molecule has 0 unspecified atom stereocenters. The van der Waals surface area contributed by atoms with E-state index in [-0.39, 0.29) is 18.1 Å². The van der Waals surface area contributed by atoms with Gasteiger partial charge in [0, 0.05) is 42.4 Å². The standard InChI is InChI=1S/C13H23N3O3S2/c1-11(2)7-15-8-12(14-10-15)21(18,19)16-5-6-20(17)13(3,4)9-16/h8,10-11H,5-7,9H2,1-4H3/t20-/m1/s1. The molecule has 0 amide bonds. The quantitative estimate of drug-likeness (QED) is 0.826. The molecule has 1 saturated heterocycles. The summed E-state index contributed by atoms with van der Waals surface area (Å²) in [5.74, 6) is 0.796. The molecule has 1 aliphatic heterocycles. The number of sulfonamides is 1. The second-order valence-corrected chi connectivity index (χ2v) is 10.5. The predicted molar refractivity (Wildman–Crippen MR) is 82.9 cm³/mol. The van der Waals surface area contributed by atoms with Gasteiger partial charge in [-0.2, -0.15) is 4.31 Å². The normalized spacial score (nSPS) is 23.6. The molecule has 0 bridgehead atoms. The van der Waals surface area contributed by atoms with Gasteiger partial charge in [0.15, 0.2) is 5.03 Å². The van der Waals surface area contributed by atoms with Crippen molar-refractivity contribution in [3.05, 3.63) is 12.5 Å². The van der Waals surface area contributed by atoms with Gasteiger partial charge in [0.1, 0.15) is 0 Å². The molecule has 1 aromatic heterocycles. The molecular formula is C13H23N3O3S2. The van der Waals surface area contributed by atoms with E-state index in [9.17, 15) is 12.6 Å². The zero-order chi connectivity index (χ0) is 15.8. The van der Waals surface area contributed by atoms with Crippen LogP contribution in [0.3, 0.4) is 0 Å². The van der Waals surface area contributed by atoms with E-state index in [0.29, 0.717) is 11.7 Å². The number of rotatable bonds is 4. The Kier molecular flexibility index (Phi) is 4.60. The molecule has 0 radical (unpaired) electrons. The maximum absolute atomic E-state index is 12.6. The summed E-state index contributed by atoms with van der Waals surface area (Å²) in [7, 11) is -4.60. The van der Waals surface area contributed by atoms with Gasteiger partial charge >= 0.3 is 0 Å². The van der Waals surface area contributed by atoms with Crippen LogP contribution in [0.2, 0.25) is 0 Å². The highest BCUT2D eigenvalue weighted by Gasteiger charge is 2.39. The minimum atomic E-state index is -3.60. The largest absolute Gasteiger partial charge is 0.336 e. The molecule has 1 aromatic rings. The lowest BCUT2D eigenvalue weighted by molar-refractivity contribution is 0.377. The van der Waals surface area contributed by atoms with Gasteiger partial charge in [-0.05, 0) is 19.8 Å². The summed E-state index contributed by atoms with van der Waals surface area (Å²) in [5, 5.41) is 0.0756. The van der Waals surface area contributed by atoms with E-state index in [2.05, 4.69) is 18.8 Å². The summed E-state index contributed by atoms with van der Waals surface area (Å²) in [6.45, 7) is 9.09. The number of imidazole rings is 1. The van der Waals surface area contributed by atoms with Gasteiger partial charge in [-0.3, -0.25) is 4.21 Å². The molecule has 21 heavy (non-hydrogen) atoms. The molecule has 1 aliphatic rings. The minimum Gasteiger partial charge on any atom is -0.336 e. The zero-order valence-corrected chi connectivity index (χ0v) is 14.6. The molecule has 1 fully saturated rings. The maximum Gasteiger partial charge on any atom is 0.262 e. The van der Waals surface area contributed by atoms with Gasteiger partial charge in [0.05, 0.1) is 11.1 Å². The van der Waals surface area contributed by atoms with Crippen molar-refractivity contribution in [3.8, 4) is 0 Å². The van der Waals surface area contributed by atoms with Crippen molar-refractivity contribution >= 4 is 20.8 Å². The molecule has 8 heteroatoms. The van der Waals surface area contributed by atoms with Crippen LogP contribution in [0, 0.1) is 5.92 Å². The van der Waals surface area contributed by atoms with Crippen LogP contribution in [0.25, 0.3) is 0 Å². The summed E-state index contributed by atoms with van der Waals surface area (Å²) >= 11 is 0. The monoisotopic (exact) mass is 333 g/mol. The molecule has 2 rings (SSSR count). The van der Waals surface area contributed by atoms with Gasteiger partial charge in [-0.1, -0.05) is 13.8 Å². The first-order valence-electron chi connectivity index (χ1n) is 7.03. The molecule has 6 nitrogen and oxygen atoms in total. The number of nitrogens with zero attached hydrogens (tertiary/aromatic N) is 3. The highest BCUT2D eigenvalue weighted by Crippen LogP contribution is 2.25. The Balaban J connectivity index is 2.22. The maximum atomic E-state index is 12.6. The fourth-order valence-corrected chi connectivity index (χ4v) is 5.34. The Bertz CT molecular complexity index is 635. The highest BCUT2D eigenvalue weighted by molar-refractivity contribution is 7.89. The lowest BCUT2D eigenvalue weighted by Crippen LogP contribution is -2.52. The van der Waals surface area contributed by atoms with E-state index >= 15 is 0 Å². The van der Waals surface area contributed by atoms with E-state index in [1.165, 1.54) is 4.31 Å². The summed E-state index contributed by atoms with van der Waals surface area (Å²) < 4.78 is 39.9. The Morgan fingerprint density at radius 1 is 1.43 bits per heavy atom. The van der Waals surface area contributed by atoms with E-state index < -0.39 is 25.6 Å². The van der Waals surface area contributed by atoms with Crippen LogP contribution in [0.5, 0.6) is 0 Å². The van der Waals surface area contributed by atoms with Gasteiger partial charge in [-0.25, -0.2) is 13.4 Å². The predicted octanol–water partition coefficient (Wildman–Crippen LogP) is 1.07. The van der Waals surface area contributed by atoms with Gasteiger partial charge in [0.25, 0.3) is 10.0 Å². The second kappa shape index (κ2) is 5.81. The zero-order valence-electron chi connectivity index (χ0n) is 12.9. The third-order valence-corrected chi connectivity index (χ3v) is 7.14. The first-order chi connectivity index (χ1) is 9.63. The fourth-order valence-electron chi connectivity index (χ4n) is 2.37. The summed E-state index contributed by atoms with van der Waals surface area (Å²) in [6.07, 6.45) is 3.13. The second-order valence-electron chi connectivity index (χ2n) is 6.45. The van der Waals surface area contributed by atoms with Crippen LogP contribution in [0.4, 0.5) is 0 Å². The van der Waals surface area contributed by atoms with Crippen LogP contribution >= 0.6 is 0 Å². The average Bonchev–Trinajstić information content (AvgIpc) is 2.80. The average molecular weight is 333 g/mol. The van der Waals surface area contributed by atoms with Crippen LogP contribution in [0.15, 0.2) is 17.6 Å². The van der Waals surface area contributed by atoms with Crippen molar-refractivity contribution in [3.63, 3.8) is 0 Å². The first-order valence-corrected chi connectivity index (χ1v) is 9.79. The van der Waals surface area contributed by atoms with Crippen molar-refractivity contribution in [2.24, 2.45) is 5.92 Å². The van der Waals surface area contributed by atoms with Crippen molar-refractivity contribution in [2.75, 3.05) is 18.8 Å². The van der Waals surface area contributed by atoms with Crippen molar-refractivity contribution in [1.82, 2.24) is 13.9 Å².